The molecule has 5 nitrogen and oxygen atoms in total. The Hall–Kier alpha value is -2.39. The van der Waals surface area contributed by atoms with Gasteiger partial charge in [-0.1, -0.05) is 6.92 Å². The van der Waals surface area contributed by atoms with E-state index < -0.39 is 0 Å². The minimum atomic E-state index is -0.106. The van der Waals surface area contributed by atoms with Gasteiger partial charge in [0, 0.05) is 36.8 Å². The number of aromatic nitrogens is 1. The molecule has 2 heterocycles. The number of pyridine rings is 1. The van der Waals surface area contributed by atoms with Crippen molar-refractivity contribution in [2.75, 3.05) is 24.3 Å². The maximum absolute atomic E-state index is 12.4. The number of nitrogens with zero attached hydrogens (tertiary/aromatic N) is 3. The van der Waals surface area contributed by atoms with Crippen molar-refractivity contribution >= 4 is 27.9 Å². The van der Waals surface area contributed by atoms with Crippen molar-refractivity contribution < 1.29 is 9.36 Å². The van der Waals surface area contributed by atoms with Gasteiger partial charge in [0.25, 0.3) is 5.91 Å². The molecule has 1 atom stereocenters. The molecule has 1 amide bonds. The summed E-state index contributed by atoms with van der Waals surface area (Å²) in [4.78, 5) is 15.7. The van der Waals surface area contributed by atoms with E-state index in [1.165, 1.54) is 4.88 Å². The van der Waals surface area contributed by atoms with Gasteiger partial charge in [0.2, 0.25) is 6.54 Å². The third-order valence-corrected chi connectivity index (χ3v) is 5.76. The zero-order chi connectivity index (χ0) is 18.0. The zero-order valence-corrected chi connectivity index (χ0v) is 15.7. The number of hydrogen-bond acceptors (Lipinski definition) is 4. The van der Waals surface area contributed by atoms with Crippen LogP contribution in [0, 0.1) is 17.2 Å². The fraction of sp³-hybridized carbons (Fsp3) is 0.421. The first-order valence-corrected chi connectivity index (χ1v) is 9.30. The lowest BCUT2D eigenvalue weighted by Gasteiger charge is -2.17. The highest BCUT2D eigenvalue weighted by atomic mass is 32.1. The number of anilines is 2. The zero-order valence-electron chi connectivity index (χ0n) is 14.9. The fourth-order valence-corrected chi connectivity index (χ4v) is 4.52. The van der Waals surface area contributed by atoms with Crippen LogP contribution in [0.2, 0.25) is 0 Å². The minimum absolute atomic E-state index is 0.106. The van der Waals surface area contributed by atoms with Crippen LogP contribution in [-0.2, 0) is 24.2 Å². The predicted octanol–water partition coefficient (Wildman–Crippen LogP) is 2.74. The second-order valence-electron chi connectivity index (χ2n) is 6.84. The van der Waals surface area contributed by atoms with Gasteiger partial charge in [-0.2, -0.15) is 9.83 Å². The normalized spacial score (nSPS) is 16.0. The summed E-state index contributed by atoms with van der Waals surface area (Å²) < 4.78 is 1.84. The number of amides is 1. The van der Waals surface area contributed by atoms with Crippen LogP contribution in [0.3, 0.4) is 0 Å². The third kappa shape index (κ3) is 3.83. The van der Waals surface area contributed by atoms with Crippen LogP contribution in [0.1, 0.15) is 29.3 Å². The van der Waals surface area contributed by atoms with Gasteiger partial charge in [0.05, 0.1) is 5.56 Å². The lowest BCUT2D eigenvalue weighted by atomic mass is 9.89. The Morgan fingerprint density at radius 2 is 2.16 bits per heavy atom. The van der Waals surface area contributed by atoms with E-state index in [1.54, 1.807) is 11.3 Å². The summed E-state index contributed by atoms with van der Waals surface area (Å²) in [5.41, 5.74) is 2.89. The standard InChI is InChI=1S/C19H22N4OS/c1-13-4-5-15-16(11-20)19(25-17(15)10-13)21-18(24)12-23-8-6-14(7-9-23)22(2)3/h6-9,13H,4-5,10,12H2,1-3H3/p+1/t13-/m0/s1. The van der Waals surface area contributed by atoms with E-state index in [-0.39, 0.29) is 12.5 Å². The third-order valence-electron chi connectivity index (χ3n) is 4.59. The van der Waals surface area contributed by atoms with Gasteiger partial charge in [-0.25, -0.2) is 0 Å². The minimum Gasteiger partial charge on any atom is -0.377 e. The molecule has 1 aliphatic rings. The first-order chi connectivity index (χ1) is 12.0. The summed E-state index contributed by atoms with van der Waals surface area (Å²) in [6.07, 6.45) is 6.83. The Labute approximate surface area is 152 Å². The maximum Gasteiger partial charge on any atom is 0.290 e. The summed E-state index contributed by atoms with van der Waals surface area (Å²) in [6.45, 7) is 2.47. The molecule has 6 heteroatoms. The van der Waals surface area contributed by atoms with Crippen molar-refractivity contribution in [1.29, 1.82) is 5.26 Å². The molecule has 0 bridgehead atoms. The van der Waals surface area contributed by atoms with Gasteiger partial charge in [-0.15, -0.1) is 11.3 Å². The highest BCUT2D eigenvalue weighted by Gasteiger charge is 2.25. The Balaban J connectivity index is 1.72. The largest absolute Gasteiger partial charge is 0.377 e. The monoisotopic (exact) mass is 355 g/mol. The number of thiophene rings is 1. The molecule has 0 aromatic carbocycles. The molecular weight excluding hydrogens is 332 g/mol. The van der Waals surface area contributed by atoms with Gasteiger partial charge < -0.3 is 10.2 Å². The van der Waals surface area contributed by atoms with Gasteiger partial charge in [0.1, 0.15) is 11.1 Å². The van der Waals surface area contributed by atoms with E-state index in [2.05, 4.69) is 18.3 Å². The van der Waals surface area contributed by atoms with Crippen LogP contribution < -0.4 is 14.8 Å². The second kappa shape index (κ2) is 7.24. The molecule has 0 saturated carbocycles. The van der Waals surface area contributed by atoms with Crippen molar-refractivity contribution in [3.8, 4) is 6.07 Å². The van der Waals surface area contributed by atoms with Crippen LogP contribution in [0.15, 0.2) is 24.5 Å². The van der Waals surface area contributed by atoms with Crippen molar-refractivity contribution in [2.24, 2.45) is 5.92 Å². The lowest BCUT2D eigenvalue weighted by molar-refractivity contribution is -0.684. The summed E-state index contributed by atoms with van der Waals surface area (Å²) >= 11 is 1.57. The smallest absolute Gasteiger partial charge is 0.290 e. The predicted molar refractivity (Wildman–Crippen MR) is 99.8 cm³/mol. The summed E-state index contributed by atoms with van der Waals surface area (Å²) in [5, 5.41) is 13.2. The van der Waals surface area contributed by atoms with Crippen molar-refractivity contribution in [1.82, 2.24) is 0 Å². The van der Waals surface area contributed by atoms with E-state index in [0.717, 1.165) is 30.5 Å². The maximum atomic E-state index is 12.4. The Kier molecular flexibility index (Phi) is 5.05. The topological polar surface area (TPSA) is 60.0 Å². The first-order valence-electron chi connectivity index (χ1n) is 8.49. The number of hydrogen-bond donors (Lipinski definition) is 1. The Morgan fingerprint density at radius 3 is 2.80 bits per heavy atom. The van der Waals surface area contributed by atoms with Crippen LogP contribution in [0.5, 0.6) is 0 Å². The molecule has 130 valence electrons. The summed E-state index contributed by atoms with van der Waals surface area (Å²) in [6, 6.07) is 6.23. The first kappa shape index (κ1) is 17.4. The molecule has 2 aromatic rings. The van der Waals surface area contributed by atoms with E-state index in [1.807, 2.05) is 48.1 Å². The lowest BCUT2D eigenvalue weighted by Crippen LogP contribution is -2.39. The van der Waals surface area contributed by atoms with Crippen LogP contribution in [0.4, 0.5) is 10.7 Å². The highest BCUT2D eigenvalue weighted by molar-refractivity contribution is 7.16. The van der Waals surface area contributed by atoms with Crippen molar-refractivity contribution in [3.05, 3.63) is 40.5 Å². The van der Waals surface area contributed by atoms with Crippen molar-refractivity contribution in [3.63, 3.8) is 0 Å². The quantitative estimate of drug-likeness (QED) is 0.858. The van der Waals surface area contributed by atoms with Crippen molar-refractivity contribution in [2.45, 2.75) is 32.7 Å². The van der Waals surface area contributed by atoms with Crippen LogP contribution in [0.25, 0.3) is 0 Å². The Bertz CT molecular complexity index is 817. The van der Waals surface area contributed by atoms with E-state index >= 15 is 0 Å². The van der Waals surface area contributed by atoms with Gasteiger partial charge >= 0.3 is 0 Å². The molecule has 2 aromatic heterocycles. The molecule has 0 radical (unpaired) electrons. The molecule has 0 unspecified atom stereocenters. The average molecular weight is 355 g/mol. The van der Waals surface area contributed by atoms with Crippen LogP contribution in [-0.4, -0.2) is 20.0 Å². The number of carbonyl (C=O) groups excluding carboxylic acids is 1. The molecule has 0 fully saturated rings. The number of nitriles is 1. The molecule has 1 N–H and O–H groups in total. The molecule has 25 heavy (non-hydrogen) atoms. The number of carbonyl (C=O) groups is 1. The summed E-state index contributed by atoms with van der Waals surface area (Å²) in [5.74, 6) is 0.540. The second-order valence-corrected chi connectivity index (χ2v) is 7.94. The molecular formula is C19H23N4OS+. The molecule has 0 spiro atoms. The summed E-state index contributed by atoms with van der Waals surface area (Å²) in [7, 11) is 3.96. The molecule has 0 saturated heterocycles. The molecule has 1 aliphatic carbocycles. The number of fused-ring (bicyclic) bond motifs is 1. The number of rotatable bonds is 4. The molecule has 3 rings (SSSR count). The highest BCUT2D eigenvalue weighted by Crippen LogP contribution is 2.39. The van der Waals surface area contributed by atoms with Crippen LogP contribution >= 0.6 is 11.3 Å². The SMILES string of the molecule is C[C@H]1CCc2c(sc(NC(=O)C[n+]3ccc(N(C)C)cc3)c2C#N)C1. The molecule has 0 aliphatic heterocycles. The average Bonchev–Trinajstić information content (AvgIpc) is 2.90. The van der Waals surface area contributed by atoms with Gasteiger partial charge in [0.15, 0.2) is 12.4 Å². The van der Waals surface area contributed by atoms with Gasteiger partial charge in [-0.3, -0.25) is 4.79 Å². The van der Waals surface area contributed by atoms with E-state index in [4.69, 9.17) is 0 Å². The van der Waals surface area contributed by atoms with E-state index in [0.29, 0.717) is 16.5 Å². The van der Waals surface area contributed by atoms with Gasteiger partial charge in [-0.05, 0) is 30.7 Å². The Morgan fingerprint density at radius 1 is 1.44 bits per heavy atom. The number of nitrogens with one attached hydrogen (secondary N) is 1. The van der Waals surface area contributed by atoms with E-state index in [9.17, 15) is 10.1 Å². The fourth-order valence-electron chi connectivity index (χ4n) is 3.14.